The molecule has 1 heterocycles. The summed E-state index contributed by atoms with van der Waals surface area (Å²) in [6, 6.07) is 5.21. The fourth-order valence-corrected chi connectivity index (χ4v) is 4.51. The van der Waals surface area contributed by atoms with Crippen molar-refractivity contribution in [2.45, 2.75) is 63.7 Å². The third-order valence-corrected chi connectivity index (χ3v) is 6.25. The van der Waals surface area contributed by atoms with E-state index < -0.39 is 10.0 Å². The number of unbranched alkanes of at least 4 members (excludes halogenated alkanes) is 4. The number of hydrogen-bond acceptors (Lipinski definition) is 3. The second-order valence-electron chi connectivity index (χ2n) is 6.30. The molecule has 0 aromatic heterocycles. The first-order valence-electron chi connectivity index (χ1n) is 8.79. The molecular formula is C18H29NO3S. The number of aryl methyl sites for hydroxylation is 1. The highest BCUT2D eigenvalue weighted by Crippen LogP contribution is 2.26. The van der Waals surface area contributed by atoms with Crippen molar-refractivity contribution in [3.05, 3.63) is 23.8 Å². The molecule has 1 aliphatic rings. The Bertz CT molecular complexity index is 592. The molecule has 5 heteroatoms. The van der Waals surface area contributed by atoms with Gasteiger partial charge in [-0.05, 0) is 49.9 Å². The quantitative estimate of drug-likeness (QED) is 0.636. The lowest BCUT2D eigenvalue weighted by atomic mass is 10.2. The molecule has 1 aromatic rings. The molecule has 2 rings (SSSR count). The predicted molar refractivity (Wildman–Crippen MR) is 93.4 cm³/mol. The lowest BCUT2D eigenvalue weighted by molar-refractivity contribution is 0.302. The Balaban J connectivity index is 1.92. The van der Waals surface area contributed by atoms with Crippen molar-refractivity contribution in [1.29, 1.82) is 0 Å². The highest BCUT2D eigenvalue weighted by molar-refractivity contribution is 7.89. The van der Waals surface area contributed by atoms with Crippen LogP contribution in [0.1, 0.15) is 57.4 Å². The third-order valence-electron chi connectivity index (χ3n) is 4.35. The van der Waals surface area contributed by atoms with E-state index in [4.69, 9.17) is 4.74 Å². The first-order chi connectivity index (χ1) is 11.1. The van der Waals surface area contributed by atoms with Gasteiger partial charge in [0.05, 0.1) is 11.5 Å². The Kier molecular flexibility index (Phi) is 6.90. The fourth-order valence-electron chi connectivity index (χ4n) is 2.91. The molecule has 130 valence electrons. The van der Waals surface area contributed by atoms with E-state index in [2.05, 4.69) is 6.92 Å². The molecule has 0 N–H and O–H groups in total. The number of ether oxygens (including phenoxy) is 1. The standard InChI is InChI=1S/C18H29NO3S/c1-3-4-5-6-9-14-22-18-11-10-17(15-16(18)2)23(20,21)19-12-7-8-13-19/h10-11,15H,3-9,12-14H2,1-2H3. The summed E-state index contributed by atoms with van der Waals surface area (Å²) in [5.41, 5.74) is 0.888. The van der Waals surface area contributed by atoms with Gasteiger partial charge >= 0.3 is 0 Å². The van der Waals surface area contributed by atoms with Crippen LogP contribution in [0.5, 0.6) is 5.75 Å². The van der Waals surface area contributed by atoms with Gasteiger partial charge in [-0.3, -0.25) is 0 Å². The van der Waals surface area contributed by atoms with Gasteiger partial charge in [-0.25, -0.2) is 8.42 Å². The van der Waals surface area contributed by atoms with E-state index in [1.165, 1.54) is 25.7 Å². The highest BCUT2D eigenvalue weighted by atomic mass is 32.2. The summed E-state index contributed by atoms with van der Waals surface area (Å²) in [5, 5.41) is 0. The number of sulfonamides is 1. The summed E-state index contributed by atoms with van der Waals surface area (Å²) >= 11 is 0. The molecule has 0 saturated carbocycles. The predicted octanol–water partition coefficient (Wildman–Crippen LogP) is 4.13. The van der Waals surface area contributed by atoms with E-state index in [1.807, 2.05) is 6.92 Å². The minimum atomic E-state index is -3.34. The van der Waals surface area contributed by atoms with Gasteiger partial charge in [0.1, 0.15) is 5.75 Å². The summed E-state index contributed by atoms with van der Waals surface area (Å²) in [6.45, 7) is 6.09. The van der Waals surface area contributed by atoms with Crippen molar-refractivity contribution in [3.63, 3.8) is 0 Å². The summed E-state index contributed by atoms with van der Waals surface area (Å²) < 4.78 is 32.5. The van der Waals surface area contributed by atoms with E-state index in [1.54, 1.807) is 22.5 Å². The van der Waals surface area contributed by atoms with E-state index in [0.717, 1.165) is 30.6 Å². The Morgan fingerprint density at radius 1 is 1.09 bits per heavy atom. The van der Waals surface area contributed by atoms with Gasteiger partial charge in [0.25, 0.3) is 0 Å². The number of nitrogens with zero attached hydrogens (tertiary/aromatic N) is 1. The van der Waals surface area contributed by atoms with Gasteiger partial charge in [0, 0.05) is 13.1 Å². The van der Waals surface area contributed by atoms with Crippen molar-refractivity contribution in [3.8, 4) is 5.75 Å². The van der Waals surface area contributed by atoms with Crippen LogP contribution in [0, 0.1) is 6.92 Å². The molecule has 1 aromatic carbocycles. The second-order valence-corrected chi connectivity index (χ2v) is 8.24. The molecule has 1 aliphatic heterocycles. The smallest absolute Gasteiger partial charge is 0.243 e. The topological polar surface area (TPSA) is 46.6 Å². The summed E-state index contributed by atoms with van der Waals surface area (Å²) in [4.78, 5) is 0.382. The van der Waals surface area contributed by atoms with Crippen LogP contribution < -0.4 is 4.74 Å². The molecule has 0 spiro atoms. The third kappa shape index (κ3) is 4.95. The van der Waals surface area contributed by atoms with Crippen molar-refractivity contribution in [1.82, 2.24) is 4.31 Å². The Morgan fingerprint density at radius 2 is 1.78 bits per heavy atom. The molecule has 23 heavy (non-hydrogen) atoms. The maximum atomic E-state index is 12.5. The Labute approximate surface area is 140 Å². The maximum absolute atomic E-state index is 12.5. The molecule has 0 unspecified atom stereocenters. The van der Waals surface area contributed by atoms with Crippen molar-refractivity contribution < 1.29 is 13.2 Å². The average Bonchev–Trinajstić information content (AvgIpc) is 3.07. The minimum Gasteiger partial charge on any atom is -0.493 e. The van der Waals surface area contributed by atoms with Gasteiger partial charge in [-0.15, -0.1) is 0 Å². The van der Waals surface area contributed by atoms with E-state index in [0.29, 0.717) is 24.6 Å². The van der Waals surface area contributed by atoms with Gasteiger partial charge in [0.2, 0.25) is 10.0 Å². The SMILES string of the molecule is CCCCCCCOc1ccc(S(=O)(=O)N2CCCC2)cc1C. The molecule has 0 radical (unpaired) electrons. The second kappa shape index (κ2) is 8.69. The van der Waals surface area contributed by atoms with Crippen LogP contribution >= 0.6 is 0 Å². The molecule has 0 bridgehead atoms. The minimum absolute atomic E-state index is 0.382. The molecule has 0 aliphatic carbocycles. The first kappa shape index (κ1) is 18.3. The molecule has 0 atom stereocenters. The lowest BCUT2D eigenvalue weighted by Gasteiger charge is -2.17. The fraction of sp³-hybridized carbons (Fsp3) is 0.667. The zero-order chi connectivity index (χ0) is 16.7. The molecule has 1 saturated heterocycles. The van der Waals surface area contributed by atoms with Crippen molar-refractivity contribution >= 4 is 10.0 Å². The van der Waals surface area contributed by atoms with Crippen LogP contribution in [-0.2, 0) is 10.0 Å². The lowest BCUT2D eigenvalue weighted by Crippen LogP contribution is -2.27. The summed E-state index contributed by atoms with van der Waals surface area (Å²) in [7, 11) is -3.34. The van der Waals surface area contributed by atoms with Crippen LogP contribution in [0.2, 0.25) is 0 Å². The summed E-state index contributed by atoms with van der Waals surface area (Å²) in [5.74, 6) is 0.792. The van der Waals surface area contributed by atoms with E-state index in [9.17, 15) is 8.42 Å². The van der Waals surface area contributed by atoms with E-state index in [-0.39, 0.29) is 0 Å². The van der Waals surface area contributed by atoms with Crippen LogP contribution in [-0.4, -0.2) is 32.4 Å². The maximum Gasteiger partial charge on any atom is 0.243 e. The monoisotopic (exact) mass is 339 g/mol. The number of rotatable bonds is 9. The largest absolute Gasteiger partial charge is 0.493 e. The van der Waals surface area contributed by atoms with E-state index >= 15 is 0 Å². The van der Waals surface area contributed by atoms with Crippen LogP contribution in [0.25, 0.3) is 0 Å². The Hall–Kier alpha value is -1.07. The van der Waals surface area contributed by atoms with Crippen LogP contribution in [0.15, 0.2) is 23.1 Å². The van der Waals surface area contributed by atoms with Crippen LogP contribution in [0.4, 0.5) is 0 Å². The molecule has 0 amide bonds. The zero-order valence-corrected chi connectivity index (χ0v) is 15.2. The molecule has 4 nitrogen and oxygen atoms in total. The highest BCUT2D eigenvalue weighted by Gasteiger charge is 2.27. The van der Waals surface area contributed by atoms with Crippen LogP contribution in [0.3, 0.4) is 0 Å². The molecular weight excluding hydrogens is 310 g/mol. The van der Waals surface area contributed by atoms with Gasteiger partial charge in [-0.2, -0.15) is 4.31 Å². The average molecular weight is 340 g/mol. The van der Waals surface area contributed by atoms with Gasteiger partial charge in [0.15, 0.2) is 0 Å². The molecule has 1 fully saturated rings. The summed E-state index contributed by atoms with van der Waals surface area (Å²) in [6.07, 6.45) is 7.93. The Morgan fingerprint density at radius 3 is 2.43 bits per heavy atom. The number of benzene rings is 1. The van der Waals surface area contributed by atoms with Crippen molar-refractivity contribution in [2.75, 3.05) is 19.7 Å². The zero-order valence-electron chi connectivity index (χ0n) is 14.4. The normalized spacial score (nSPS) is 15.9. The number of hydrogen-bond donors (Lipinski definition) is 0. The first-order valence-corrected chi connectivity index (χ1v) is 10.2. The van der Waals surface area contributed by atoms with Gasteiger partial charge < -0.3 is 4.74 Å². The van der Waals surface area contributed by atoms with Crippen molar-refractivity contribution in [2.24, 2.45) is 0 Å². The van der Waals surface area contributed by atoms with Gasteiger partial charge in [-0.1, -0.05) is 32.6 Å².